The van der Waals surface area contributed by atoms with Crippen LogP contribution in [0.3, 0.4) is 0 Å². The molecule has 0 aliphatic heterocycles. The molecule has 0 heterocycles. The summed E-state index contributed by atoms with van der Waals surface area (Å²) in [5.74, 6) is -0.431. The first kappa shape index (κ1) is 10.8. The molecule has 2 aromatic carbocycles. The lowest BCUT2D eigenvalue weighted by Gasteiger charge is -2.07. The normalized spacial score (nSPS) is 10.1. The van der Waals surface area contributed by atoms with Crippen molar-refractivity contribution in [3.8, 4) is 0 Å². The quantitative estimate of drug-likeness (QED) is 0.779. The summed E-state index contributed by atoms with van der Waals surface area (Å²) < 4.78 is 12.9. The van der Waals surface area contributed by atoms with E-state index < -0.39 is 5.82 Å². The Balaban J connectivity index is 2.24. The van der Waals surface area contributed by atoms with Gasteiger partial charge in [0.15, 0.2) is 0 Å². The summed E-state index contributed by atoms with van der Waals surface area (Å²) in [6.45, 7) is 0. The minimum atomic E-state index is -0.431. The monoisotopic (exact) mass is 236 g/mol. The Bertz CT molecular complexity index is 514. The zero-order chi connectivity index (χ0) is 11.5. The van der Waals surface area contributed by atoms with Gasteiger partial charge in [0.1, 0.15) is 5.82 Å². The van der Waals surface area contributed by atoms with E-state index in [2.05, 4.69) is 5.32 Å². The third-order valence-electron chi connectivity index (χ3n) is 2.09. The number of nitrogens with two attached hydrogens (primary N) is 1. The lowest BCUT2D eigenvalue weighted by molar-refractivity contribution is 0.628. The molecule has 0 saturated heterocycles. The molecule has 0 amide bonds. The van der Waals surface area contributed by atoms with Gasteiger partial charge in [-0.3, -0.25) is 0 Å². The van der Waals surface area contributed by atoms with Crippen molar-refractivity contribution in [1.29, 1.82) is 0 Å². The lowest BCUT2D eigenvalue weighted by atomic mass is 10.2. The van der Waals surface area contributed by atoms with Crippen molar-refractivity contribution in [1.82, 2.24) is 0 Å². The molecular formula is C12H10ClFN2. The van der Waals surface area contributed by atoms with E-state index in [1.807, 2.05) is 12.1 Å². The minimum absolute atomic E-state index is 0.0916. The number of rotatable bonds is 2. The van der Waals surface area contributed by atoms with Gasteiger partial charge in [-0.1, -0.05) is 17.7 Å². The van der Waals surface area contributed by atoms with Crippen LogP contribution in [0.5, 0.6) is 0 Å². The van der Waals surface area contributed by atoms with Crippen LogP contribution in [0.15, 0.2) is 42.5 Å². The van der Waals surface area contributed by atoms with Gasteiger partial charge in [0.05, 0.1) is 5.02 Å². The van der Waals surface area contributed by atoms with Crippen LogP contribution in [-0.2, 0) is 0 Å². The van der Waals surface area contributed by atoms with Gasteiger partial charge in [-0.15, -0.1) is 0 Å². The van der Waals surface area contributed by atoms with Crippen LogP contribution in [-0.4, -0.2) is 0 Å². The standard InChI is InChI=1S/C12H10ClFN2/c13-11-7-10(4-5-12(11)14)16-9-3-1-2-8(15)6-9/h1-7,16H,15H2. The highest BCUT2D eigenvalue weighted by molar-refractivity contribution is 6.31. The number of benzene rings is 2. The van der Waals surface area contributed by atoms with E-state index in [-0.39, 0.29) is 5.02 Å². The van der Waals surface area contributed by atoms with Crippen LogP contribution in [0.2, 0.25) is 5.02 Å². The second-order valence-corrected chi connectivity index (χ2v) is 3.79. The van der Waals surface area contributed by atoms with Crippen molar-refractivity contribution < 1.29 is 4.39 Å². The molecule has 2 nitrogen and oxygen atoms in total. The molecule has 0 aliphatic carbocycles. The lowest BCUT2D eigenvalue weighted by Crippen LogP contribution is -1.92. The largest absolute Gasteiger partial charge is 0.399 e. The maximum atomic E-state index is 12.9. The van der Waals surface area contributed by atoms with Gasteiger partial charge in [0.2, 0.25) is 0 Å². The number of nitrogens with one attached hydrogen (secondary N) is 1. The fourth-order valence-electron chi connectivity index (χ4n) is 1.36. The van der Waals surface area contributed by atoms with E-state index in [4.69, 9.17) is 17.3 Å². The highest BCUT2D eigenvalue weighted by atomic mass is 35.5. The molecule has 16 heavy (non-hydrogen) atoms. The van der Waals surface area contributed by atoms with Gasteiger partial charge in [0.25, 0.3) is 0 Å². The van der Waals surface area contributed by atoms with Gasteiger partial charge in [-0.05, 0) is 36.4 Å². The van der Waals surface area contributed by atoms with Gasteiger partial charge in [-0.25, -0.2) is 4.39 Å². The average molecular weight is 237 g/mol. The smallest absolute Gasteiger partial charge is 0.141 e. The summed E-state index contributed by atoms with van der Waals surface area (Å²) in [5.41, 5.74) is 7.86. The molecule has 0 aliphatic rings. The van der Waals surface area contributed by atoms with Gasteiger partial charge < -0.3 is 11.1 Å². The van der Waals surface area contributed by atoms with Crippen LogP contribution < -0.4 is 11.1 Å². The van der Waals surface area contributed by atoms with E-state index in [0.717, 1.165) is 11.4 Å². The molecule has 0 radical (unpaired) electrons. The fourth-order valence-corrected chi connectivity index (χ4v) is 1.54. The maximum absolute atomic E-state index is 12.9. The Labute approximate surface area is 97.8 Å². The maximum Gasteiger partial charge on any atom is 0.141 e. The second-order valence-electron chi connectivity index (χ2n) is 3.38. The molecule has 0 bridgehead atoms. The summed E-state index contributed by atoms with van der Waals surface area (Å²) in [6.07, 6.45) is 0. The number of anilines is 3. The topological polar surface area (TPSA) is 38.0 Å². The molecular weight excluding hydrogens is 227 g/mol. The van der Waals surface area contributed by atoms with Crippen molar-refractivity contribution >= 4 is 28.7 Å². The molecule has 0 saturated carbocycles. The van der Waals surface area contributed by atoms with E-state index >= 15 is 0 Å². The number of nitrogen functional groups attached to an aromatic ring is 1. The average Bonchev–Trinajstić information content (AvgIpc) is 2.24. The molecule has 0 spiro atoms. The van der Waals surface area contributed by atoms with Crippen LogP contribution in [0, 0.1) is 5.82 Å². The third-order valence-corrected chi connectivity index (χ3v) is 2.38. The van der Waals surface area contributed by atoms with Crippen molar-refractivity contribution in [3.05, 3.63) is 53.3 Å². The molecule has 2 aromatic rings. The van der Waals surface area contributed by atoms with Crippen LogP contribution in [0.4, 0.5) is 21.5 Å². The number of hydrogen-bond acceptors (Lipinski definition) is 2. The molecule has 0 unspecified atom stereocenters. The molecule has 4 heteroatoms. The van der Waals surface area contributed by atoms with Gasteiger partial charge in [0, 0.05) is 17.1 Å². The Kier molecular flexibility index (Phi) is 2.97. The van der Waals surface area contributed by atoms with Crippen LogP contribution in [0.25, 0.3) is 0 Å². The molecule has 0 aromatic heterocycles. The van der Waals surface area contributed by atoms with Crippen LogP contribution >= 0.6 is 11.6 Å². The highest BCUT2D eigenvalue weighted by Crippen LogP contribution is 2.23. The zero-order valence-corrected chi connectivity index (χ0v) is 9.13. The van der Waals surface area contributed by atoms with Crippen molar-refractivity contribution in [2.45, 2.75) is 0 Å². The minimum Gasteiger partial charge on any atom is -0.399 e. The van der Waals surface area contributed by atoms with Crippen molar-refractivity contribution in [3.63, 3.8) is 0 Å². The summed E-state index contributed by atoms with van der Waals surface area (Å²) in [4.78, 5) is 0. The Hall–Kier alpha value is -1.74. The summed E-state index contributed by atoms with van der Waals surface area (Å²) >= 11 is 5.67. The molecule has 0 fully saturated rings. The Morgan fingerprint density at radius 1 is 1.06 bits per heavy atom. The summed E-state index contributed by atoms with van der Waals surface area (Å²) in [7, 11) is 0. The third kappa shape index (κ3) is 2.44. The highest BCUT2D eigenvalue weighted by Gasteiger charge is 2.01. The fraction of sp³-hybridized carbons (Fsp3) is 0. The Morgan fingerprint density at radius 2 is 1.81 bits per heavy atom. The van der Waals surface area contributed by atoms with Crippen LogP contribution in [0.1, 0.15) is 0 Å². The molecule has 82 valence electrons. The first-order valence-corrected chi connectivity index (χ1v) is 5.10. The van der Waals surface area contributed by atoms with E-state index in [1.165, 1.54) is 12.1 Å². The van der Waals surface area contributed by atoms with Crippen molar-refractivity contribution in [2.24, 2.45) is 0 Å². The van der Waals surface area contributed by atoms with Crippen molar-refractivity contribution in [2.75, 3.05) is 11.1 Å². The second kappa shape index (κ2) is 4.41. The zero-order valence-electron chi connectivity index (χ0n) is 8.37. The number of halogens is 2. The first-order chi connectivity index (χ1) is 7.65. The molecule has 0 atom stereocenters. The summed E-state index contributed by atoms with van der Waals surface area (Å²) in [5, 5.41) is 3.17. The predicted molar refractivity (Wildman–Crippen MR) is 65.5 cm³/mol. The van der Waals surface area contributed by atoms with Gasteiger partial charge >= 0.3 is 0 Å². The molecule has 2 rings (SSSR count). The SMILES string of the molecule is Nc1cccc(Nc2ccc(F)c(Cl)c2)c1. The first-order valence-electron chi connectivity index (χ1n) is 4.73. The predicted octanol–water partition coefficient (Wildman–Crippen LogP) is 3.80. The van der Waals surface area contributed by atoms with E-state index in [9.17, 15) is 4.39 Å². The molecule has 3 N–H and O–H groups in total. The Morgan fingerprint density at radius 3 is 2.50 bits per heavy atom. The van der Waals surface area contributed by atoms with Gasteiger partial charge in [-0.2, -0.15) is 0 Å². The van der Waals surface area contributed by atoms with E-state index in [1.54, 1.807) is 18.2 Å². The van der Waals surface area contributed by atoms with E-state index in [0.29, 0.717) is 5.69 Å². The summed E-state index contributed by atoms with van der Waals surface area (Å²) in [6, 6.07) is 11.7. The number of hydrogen-bond donors (Lipinski definition) is 2.